The molecule has 1 unspecified atom stereocenters. The molecule has 1 fully saturated rings. The minimum atomic E-state index is -0.901. The van der Waals surface area contributed by atoms with Gasteiger partial charge in [-0.1, -0.05) is 49.4 Å². The first-order valence-corrected chi connectivity index (χ1v) is 12.3. The molecule has 34 heavy (non-hydrogen) atoms. The van der Waals surface area contributed by atoms with E-state index in [1.165, 1.54) is 12.1 Å². The molecule has 4 rings (SSSR count). The van der Waals surface area contributed by atoms with Gasteiger partial charge in [0, 0.05) is 30.4 Å². The van der Waals surface area contributed by atoms with Crippen molar-refractivity contribution < 1.29 is 24.1 Å². The number of ether oxygens (including phenoxy) is 1. The standard InChI is InChI=1S/C29H33FO4/c1-2-7-22(31)18-24(33)19-23(32)14-15-26-28(20-10-12-21(30)13-11-20)25-8-3-4-9-27(25)34-29(26)16-5-6-17-29/h3-4,8-15,23-24,32-33H,2,5-7,16-19H2,1H3/b15-14+/t23-,24?/m1/s1. The predicted octanol–water partition coefficient (Wildman–Crippen LogP) is 5.76. The number of benzene rings is 2. The maximum atomic E-state index is 13.7. The van der Waals surface area contributed by atoms with Gasteiger partial charge in [-0.2, -0.15) is 0 Å². The van der Waals surface area contributed by atoms with Crippen molar-refractivity contribution in [2.75, 3.05) is 0 Å². The number of fused-ring (bicyclic) bond motifs is 1. The molecule has 2 N–H and O–H groups in total. The van der Waals surface area contributed by atoms with Crippen LogP contribution >= 0.6 is 0 Å². The van der Waals surface area contributed by atoms with Crippen LogP contribution in [0.2, 0.25) is 0 Å². The van der Waals surface area contributed by atoms with Crippen molar-refractivity contribution in [3.63, 3.8) is 0 Å². The Morgan fingerprint density at radius 2 is 1.82 bits per heavy atom. The summed E-state index contributed by atoms with van der Waals surface area (Å²) in [5.41, 5.74) is 3.26. The first-order chi connectivity index (χ1) is 16.4. The first kappa shape index (κ1) is 24.4. The normalized spacial score (nSPS) is 18.7. The molecule has 1 aliphatic carbocycles. The Kier molecular flexibility index (Phi) is 7.64. The van der Waals surface area contributed by atoms with Gasteiger partial charge >= 0.3 is 0 Å². The topological polar surface area (TPSA) is 66.8 Å². The van der Waals surface area contributed by atoms with Crippen LogP contribution in [0.25, 0.3) is 5.57 Å². The number of rotatable bonds is 9. The van der Waals surface area contributed by atoms with E-state index in [4.69, 9.17) is 4.74 Å². The number of aliphatic hydroxyl groups excluding tert-OH is 2. The summed E-state index contributed by atoms with van der Waals surface area (Å²) in [6.07, 6.45) is 6.94. The number of hydrogen-bond donors (Lipinski definition) is 2. The van der Waals surface area contributed by atoms with Gasteiger partial charge in [-0.15, -0.1) is 0 Å². The van der Waals surface area contributed by atoms with E-state index in [0.29, 0.717) is 6.42 Å². The maximum absolute atomic E-state index is 13.7. The van der Waals surface area contributed by atoms with E-state index < -0.39 is 17.8 Å². The molecule has 2 atom stereocenters. The smallest absolute Gasteiger partial charge is 0.135 e. The van der Waals surface area contributed by atoms with Crippen LogP contribution < -0.4 is 4.74 Å². The molecule has 0 aromatic heterocycles. The number of carbonyl (C=O) groups excluding carboxylic acids is 1. The minimum absolute atomic E-state index is 0.00896. The van der Waals surface area contributed by atoms with Crippen molar-refractivity contribution >= 4 is 11.4 Å². The molecule has 2 aromatic carbocycles. The second-order valence-electron chi connectivity index (χ2n) is 9.40. The largest absolute Gasteiger partial charge is 0.482 e. The van der Waals surface area contributed by atoms with Gasteiger partial charge in [0.15, 0.2) is 0 Å². The van der Waals surface area contributed by atoms with Gasteiger partial charge in [-0.25, -0.2) is 4.39 Å². The van der Waals surface area contributed by atoms with Gasteiger partial charge in [-0.05, 0) is 61.4 Å². The molecule has 2 aliphatic rings. The fraction of sp³-hybridized carbons (Fsp3) is 0.414. The van der Waals surface area contributed by atoms with Crippen LogP contribution in [0.15, 0.2) is 66.3 Å². The van der Waals surface area contributed by atoms with Crippen LogP contribution in [-0.2, 0) is 4.79 Å². The Bertz CT molecular complexity index is 1060. The van der Waals surface area contributed by atoms with Crippen LogP contribution in [0.5, 0.6) is 5.75 Å². The van der Waals surface area contributed by atoms with E-state index in [9.17, 15) is 19.4 Å². The van der Waals surface area contributed by atoms with Crippen molar-refractivity contribution in [2.45, 2.75) is 76.1 Å². The molecule has 0 amide bonds. The first-order valence-electron chi connectivity index (χ1n) is 12.3. The van der Waals surface area contributed by atoms with Crippen molar-refractivity contribution in [1.29, 1.82) is 0 Å². The molecule has 0 bridgehead atoms. The fourth-order valence-electron chi connectivity index (χ4n) is 5.17. The molecule has 0 radical (unpaired) electrons. The molecule has 5 heteroatoms. The van der Waals surface area contributed by atoms with Gasteiger partial charge in [0.25, 0.3) is 0 Å². The van der Waals surface area contributed by atoms with Gasteiger partial charge in [-0.3, -0.25) is 4.79 Å². The van der Waals surface area contributed by atoms with Gasteiger partial charge in [0.2, 0.25) is 0 Å². The van der Waals surface area contributed by atoms with Crippen molar-refractivity contribution in [2.24, 2.45) is 0 Å². The second kappa shape index (κ2) is 10.7. The molecule has 2 aromatic rings. The quantitative estimate of drug-likeness (QED) is 0.495. The monoisotopic (exact) mass is 464 g/mol. The van der Waals surface area contributed by atoms with Gasteiger partial charge in [0.05, 0.1) is 12.2 Å². The van der Waals surface area contributed by atoms with Crippen molar-refractivity contribution in [3.05, 3.63) is 83.2 Å². The summed E-state index contributed by atoms with van der Waals surface area (Å²) in [6.45, 7) is 1.93. The minimum Gasteiger partial charge on any atom is -0.482 e. The molecular weight excluding hydrogens is 431 g/mol. The molecule has 180 valence electrons. The third-order valence-corrected chi connectivity index (χ3v) is 6.76. The number of halogens is 1. The predicted molar refractivity (Wildman–Crippen MR) is 131 cm³/mol. The highest BCUT2D eigenvalue weighted by atomic mass is 19.1. The summed E-state index contributed by atoms with van der Waals surface area (Å²) in [6, 6.07) is 14.4. The number of ketones is 1. The number of carbonyl (C=O) groups is 1. The average molecular weight is 465 g/mol. The van der Waals surface area contributed by atoms with Crippen molar-refractivity contribution in [1.82, 2.24) is 0 Å². The maximum Gasteiger partial charge on any atom is 0.135 e. The zero-order chi connectivity index (χ0) is 24.1. The van der Waals surface area contributed by atoms with Crippen LogP contribution in [0.3, 0.4) is 0 Å². The van der Waals surface area contributed by atoms with E-state index in [1.54, 1.807) is 18.2 Å². The number of Topliss-reactive ketones (excluding diaryl/α,β-unsaturated/α-hetero) is 1. The van der Waals surface area contributed by atoms with Crippen LogP contribution in [0.1, 0.15) is 69.4 Å². The third-order valence-electron chi connectivity index (χ3n) is 6.76. The van der Waals surface area contributed by atoms with E-state index in [0.717, 1.165) is 60.1 Å². The summed E-state index contributed by atoms with van der Waals surface area (Å²) in [4.78, 5) is 11.8. The average Bonchev–Trinajstić information content (AvgIpc) is 3.26. The second-order valence-corrected chi connectivity index (χ2v) is 9.40. The Hall–Kier alpha value is -2.76. The molecule has 4 nitrogen and oxygen atoms in total. The summed E-state index contributed by atoms with van der Waals surface area (Å²) in [5.74, 6) is 0.528. The number of aliphatic hydroxyl groups is 2. The lowest BCUT2D eigenvalue weighted by Gasteiger charge is -2.39. The Morgan fingerprint density at radius 3 is 2.53 bits per heavy atom. The summed E-state index contributed by atoms with van der Waals surface area (Å²) < 4.78 is 20.3. The van der Waals surface area contributed by atoms with E-state index in [1.807, 2.05) is 37.3 Å². The summed E-state index contributed by atoms with van der Waals surface area (Å²) >= 11 is 0. The summed E-state index contributed by atoms with van der Waals surface area (Å²) in [7, 11) is 0. The molecule has 0 saturated heterocycles. The lowest BCUT2D eigenvalue weighted by atomic mass is 9.79. The Balaban J connectivity index is 1.70. The third kappa shape index (κ3) is 5.31. The van der Waals surface area contributed by atoms with Crippen LogP contribution in [-0.4, -0.2) is 33.8 Å². The van der Waals surface area contributed by atoms with Crippen LogP contribution in [0, 0.1) is 5.82 Å². The molecule has 1 aliphatic heterocycles. The van der Waals surface area contributed by atoms with E-state index >= 15 is 0 Å². The number of para-hydroxylation sites is 1. The zero-order valence-electron chi connectivity index (χ0n) is 19.7. The molecular formula is C29H33FO4. The summed E-state index contributed by atoms with van der Waals surface area (Å²) in [5, 5.41) is 20.9. The Morgan fingerprint density at radius 1 is 1.12 bits per heavy atom. The zero-order valence-corrected chi connectivity index (χ0v) is 19.7. The van der Waals surface area contributed by atoms with Crippen molar-refractivity contribution in [3.8, 4) is 5.75 Å². The van der Waals surface area contributed by atoms with Gasteiger partial charge in [0.1, 0.15) is 23.0 Å². The fourth-order valence-corrected chi connectivity index (χ4v) is 5.17. The van der Waals surface area contributed by atoms with Gasteiger partial charge < -0.3 is 14.9 Å². The highest BCUT2D eigenvalue weighted by molar-refractivity contribution is 5.89. The highest BCUT2D eigenvalue weighted by Gasteiger charge is 2.44. The Labute approximate surface area is 200 Å². The lowest BCUT2D eigenvalue weighted by Crippen LogP contribution is -2.38. The molecule has 1 saturated carbocycles. The van der Waals surface area contributed by atoms with Crippen LogP contribution in [0.4, 0.5) is 4.39 Å². The molecule has 1 spiro atoms. The SMILES string of the molecule is CCCC(=O)CC(O)C[C@H](O)/C=C/C1=C(c2ccc(F)cc2)c2ccccc2OC12CCCC2. The number of hydrogen-bond acceptors (Lipinski definition) is 4. The lowest BCUT2D eigenvalue weighted by molar-refractivity contribution is -0.121. The van der Waals surface area contributed by atoms with E-state index in [2.05, 4.69) is 0 Å². The highest BCUT2D eigenvalue weighted by Crippen LogP contribution is 2.50. The molecule has 1 heterocycles. The van der Waals surface area contributed by atoms with E-state index in [-0.39, 0.29) is 24.4 Å².